The highest BCUT2D eigenvalue weighted by Gasteiger charge is 2.31. The van der Waals surface area contributed by atoms with Crippen LogP contribution < -0.4 is 16.4 Å². The van der Waals surface area contributed by atoms with Crippen LogP contribution in [-0.4, -0.2) is 54.9 Å². The number of carbonyl (C=O) groups is 2. The van der Waals surface area contributed by atoms with Gasteiger partial charge in [-0.15, -0.1) is 0 Å². The van der Waals surface area contributed by atoms with Crippen LogP contribution in [0.1, 0.15) is 51.0 Å². The highest BCUT2D eigenvalue weighted by Crippen LogP contribution is 2.26. The quantitative estimate of drug-likeness (QED) is 0.422. The molecule has 1 saturated carbocycles. The fourth-order valence-corrected chi connectivity index (χ4v) is 4.56. The van der Waals surface area contributed by atoms with Crippen molar-refractivity contribution in [2.24, 2.45) is 22.6 Å². The van der Waals surface area contributed by atoms with Crippen LogP contribution in [-0.2, 0) is 16.0 Å². The molecule has 0 spiro atoms. The first-order valence-electron chi connectivity index (χ1n) is 11.8. The van der Waals surface area contributed by atoms with Gasteiger partial charge in [0.2, 0.25) is 11.8 Å². The summed E-state index contributed by atoms with van der Waals surface area (Å²) in [6.45, 7) is 4.34. The number of nitrogens with two attached hydrogens (primary N) is 1. The lowest BCUT2D eigenvalue weighted by molar-refractivity contribution is -0.135. The smallest absolute Gasteiger partial charge is 0.225 e. The number of hydrogen-bond donors (Lipinski definition) is 3. The molecule has 4 N–H and O–H groups in total. The highest BCUT2D eigenvalue weighted by atomic mass is 19.1. The highest BCUT2D eigenvalue weighted by molar-refractivity contribution is 5.82. The van der Waals surface area contributed by atoms with E-state index < -0.39 is 11.8 Å². The molecule has 0 radical (unpaired) electrons. The average molecular weight is 446 g/mol. The van der Waals surface area contributed by atoms with Crippen molar-refractivity contribution in [1.29, 1.82) is 0 Å². The van der Waals surface area contributed by atoms with Crippen molar-refractivity contribution in [3.05, 3.63) is 35.6 Å². The van der Waals surface area contributed by atoms with Crippen molar-refractivity contribution in [1.82, 2.24) is 15.5 Å². The van der Waals surface area contributed by atoms with E-state index in [0.717, 1.165) is 44.2 Å². The number of carbonyl (C=O) groups excluding carboxylic acids is 2. The first-order chi connectivity index (χ1) is 15.5. The summed E-state index contributed by atoms with van der Waals surface area (Å²) in [6, 6.07) is 6.21. The fourth-order valence-electron chi connectivity index (χ4n) is 4.56. The van der Waals surface area contributed by atoms with E-state index in [-0.39, 0.29) is 24.3 Å². The molecule has 8 heteroatoms. The summed E-state index contributed by atoms with van der Waals surface area (Å²) in [4.78, 5) is 31.3. The van der Waals surface area contributed by atoms with E-state index in [9.17, 15) is 14.0 Å². The van der Waals surface area contributed by atoms with E-state index in [1.54, 1.807) is 12.1 Å². The van der Waals surface area contributed by atoms with Crippen LogP contribution in [0.25, 0.3) is 0 Å². The normalized spacial score (nSPS) is 20.8. The number of primary amides is 1. The van der Waals surface area contributed by atoms with Gasteiger partial charge in [0.05, 0.1) is 12.5 Å². The fraction of sp³-hybridized carbons (Fsp3) is 0.625. The van der Waals surface area contributed by atoms with Crippen LogP contribution in [0.2, 0.25) is 0 Å². The largest absolute Gasteiger partial charge is 0.369 e. The Labute approximate surface area is 190 Å². The lowest BCUT2D eigenvalue weighted by Crippen LogP contribution is -2.46. The number of amides is 2. The van der Waals surface area contributed by atoms with Gasteiger partial charge < -0.3 is 21.3 Å². The number of nitrogens with zero attached hydrogens (tertiary/aromatic N) is 2. The number of hydrogen-bond acceptors (Lipinski definition) is 3. The molecule has 1 aromatic carbocycles. The maximum absolute atomic E-state index is 13.1. The second kappa shape index (κ2) is 11.8. The van der Waals surface area contributed by atoms with Gasteiger partial charge in [-0.2, -0.15) is 0 Å². The molecule has 2 aliphatic rings. The summed E-state index contributed by atoms with van der Waals surface area (Å²) in [5.41, 5.74) is 6.44. The third-order valence-corrected chi connectivity index (χ3v) is 6.41. The molecule has 7 nitrogen and oxygen atoms in total. The van der Waals surface area contributed by atoms with Gasteiger partial charge in [-0.25, -0.2) is 4.39 Å². The molecule has 2 unspecified atom stereocenters. The molecule has 2 atom stereocenters. The SMILES string of the molecule is CCNC(=NCC(Cc1ccc(F)cc1)C(N)=O)NC1CCN(C(=O)C2CCCCC2)C1. The molecule has 1 aliphatic carbocycles. The standard InChI is InChI=1S/C24H36FN5O2/c1-2-27-24(28-15-19(22(26)31)14-17-8-10-20(25)11-9-17)29-21-12-13-30(16-21)23(32)18-6-4-3-5-7-18/h8-11,18-19,21H,2-7,12-16H2,1H3,(H2,26,31)(H2,27,28,29). The molecule has 0 bridgehead atoms. The Hall–Kier alpha value is -2.64. The van der Waals surface area contributed by atoms with Gasteiger partial charge >= 0.3 is 0 Å². The summed E-state index contributed by atoms with van der Waals surface area (Å²) in [5, 5.41) is 6.63. The molecular formula is C24H36FN5O2. The summed E-state index contributed by atoms with van der Waals surface area (Å²) < 4.78 is 13.1. The Kier molecular flexibility index (Phi) is 8.88. The van der Waals surface area contributed by atoms with Crippen molar-refractivity contribution >= 4 is 17.8 Å². The van der Waals surface area contributed by atoms with Crippen molar-refractivity contribution in [3.63, 3.8) is 0 Å². The van der Waals surface area contributed by atoms with Crippen LogP contribution in [0, 0.1) is 17.7 Å². The summed E-state index contributed by atoms with van der Waals surface area (Å²) in [6.07, 6.45) is 6.86. The van der Waals surface area contributed by atoms with Gasteiger partial charge in [-0.1, -0.05) is 31.4 Å². The van der Waals surface area contributed by atoms with Gasteiger partial charge in [0.25, 0.3) is 0 Å². The van der Waals surface area contributed by atoms with E-state index >= 15 is 0 Å². The summed E-state index contributed by atoms with van der Waals surface area (Å²) >= 11 is 0. The van der Waals surface area contributed by atoms with Crippen LogP contribution >= 0.6 is 0 Å². The van der Waals surface area contributed by atoms with Crippen LogP contribution in [0.3, 0.4) is 0 Å². The first-order valence-corrected chi connectivity index (χ1v) is 11.8. The van der Waals surface area contributed by atoms with Crippen molar-refractivity contribution < 1.29 is 14.0 Å². The number of rotatable bonds is 8. The third-order valence-electron chi connectivity index (χ3n) is 6.41. The Balaban J connectivity index is 1.55. The Morgan fingerprint density at radius 3 is 2.56 bits per heavy atom. The number of likely N-dealkylation sites (tertiary alicyclic amines) is 1. The molecule has 1 saturated heterocycles. The summed E-state index contributed by atoms with van der Waals surface area (Å²) in [5.74, 6) is -0.123. The molecule has 1 heterocycles. The number of benzene rings is 1. The monoisotopic (exact) mass is 445 g/mol. The van der Waals surface area contributed by atoms with E-state index in [1.165, 1.54) is 18.6 Å². The molecule has 176 valence electrons. The minimum absolute atomic E-state index is 0.129. The zero-order valence-electron chi connectivity index (χ0n) is 19.0. The van der Waals surface area contributed by atoms with E-state index in [1.807, 2.05) is 11.8 Å². The van der Waals surface area contributed by atoms with Gasteiger partial charge in [0.15, 0.2) is 5.96 Å². The molecule has 1 aliphatic heterocycles. The van der Waals surface area contributed by atoms with Gasteiger partial charge in [0, 0.05) is 31.6 Å². The Morgan fingerprint density at radius 1 is 1.19 bits per heavy atom. The lowest BCUT2D eigenvalue weighted by Gasteiger charge is -2.26. The maximum atomic E-state index is 13.1. The molecule has 2 amide bonds. The molecule has 1 aromatic rings. The molecule has 32 heavy (non-hydrogen) atoms. The van der Waals surface area contributed by atoms with Crippen LogP contribution in [0.5, 0.6) is 0 Å². The minimum atomic E-state index is -0.483. The predicted molar refractivity (Wildman–Crippen MR) is 123 cm³/mol. The Bertz CT molecular complexity index is 792. The number of halogens is 1. The van der Waals surface area contributed by atoms with Gasteiger partial charge in [-0.05, 0) is 50.3 Å². The topological polar surface area (TPSA) is 99.8 Å². The van der Waals surface area contributed by atoms with Crippen molar-refractivity contribution in [2.45, 2.75) is 57.9 Å². The maximum Gasteiger partial charge on any atom is 0.225 e. The number of guanidine groups is 1. The first kappa shape index (κ1) is 24.0. The van der Waals surface area contributed by atoms with E-state index in [4.69, 9.17) is 5.73 Å². The zero-order chi connectivity index (χ0) is 22.9. The summed E-state index contributed by atoms with van der Waals surface area (Å²) in [7, 11) is 0. The van der Waals surface area contributed by atoms with Crippen LogP contribution in [0.15, 0.2) is 29.3 Å². The van der Waals surface area contributed by atoms with Crippen molar-refractivity contribution in [2.75, 3.05) is 26.2 Å². The van der Waals surface area contributed by atoms with E-state index in [0.29, 0.717) is 31.4 Å². The zero-order valence-corrected chi connectivity index (χ0v) is 19.0. The number of nitrogens with one attached hydrogen (secondary N) is 2. The van der Waals surface area contributed by atoms with Gasteiger partial charge in [0.1, 0.15) is 5.82 Å². The Morgan fingerprint density at radius 2 is 1.91 bits per heavy atom. The molecular weight excluding hydrogens is 409 g/mol. The van der Waals surface area contributed by atoms with Crippen LogP contribution in [0.4, 0.5) is 4.39 Å². The predicted octanol–water partition coefficient (Wildman–Crippen LogP) is 2.21. The molecule has 0 aromatic heterocycles. The van der Waals surface area contributed by atoms with Crippen molar-refractivity contribution in [3.8, 4) is 0 Å². The van der Waals surface area contributed by atoms with Gasteiger partial charge in [-0.3, -0.25) is 14.6 Å². The third kappa shape index (κ3) is 6.93. The average Bonchev–Trinajstić information content (AvgIpc) is 3.26. The second-order valence-corrected chi connectivity index (χ2v) is 8.90. The molecule has 2 fully saturated rings. The number of aliphatic imine (C=N–C) groups is 1. The molecule has 3 rings (SSSR count). The minimum Gasteiger partial charge on any atom is -0.369 e. The van der Waals surface area contributed by atoms with E-state index in [2.05, 4.69) is 15.6 Å². The lowest BCUT2D eigenvalue weighted by atomic mass is 9.88. The second-order valence-electron chi connectivity index (χ2n) is 8.90.